The van der Waals surface area contributed by atoms with E-state index in [0.717, 1.165) is 16.7 Å². The summed E-state index contributed by atoms with van der Waals surface area (Å²) in [6.07, 6.45) is 1.03. The number of benzene rings is 3. The van der Waals surface area contributed by atoms with Crippen LogP contribution in [0.3, 0.4) is 0 Å². The van der Waals surface area contributed by atoms with Gasteiger partial charge in [0.2, 0.25) is 6.29 Å². The molecule has 0 bridgehead atoms. The second kappa shape index (κ2) is 13.1. The molecule has 4 atom stereocenters. The minimum atomic E-state index is -1.00. The Hall–Kier alpha value is -3.82. The van der Waals surface area contributed by atoms with Crippen LogP contribution < -0.4 is 0 Å². The highest BCUT2D eigenvalue weighted by molar-refractivity contribution is 5.70. The fourth-order valence-electron chi connectivity index (χ4n) is 4.23. The molecule has 0 unspecified atom stereocenters. The van der Waals surface area contributed by atoms with Crippen molar-refractivity contribution in [3.05, 3.63) is 126 Å². The predicted molar refractivity (Wildman–Crippen MR) is 139 cm³/mol. The van der Waals surface area contributed by atoms with Crippen molar-refractivity contribution >= 4 is 6.09 Å². The molecular weight excluding hydrogens is 484 g/mol. The van der Waals surface area contributed by atoms with Gasteiger partial charge in [-0.25, -0.2) is 14.3 Å². The van der Waals surface area contributed by atoms with Crippen LogP contribution in [-0.4, -0.2) is 46.9 Å². The molecule has 1 aromatic heterocycles. The third-order valence-electron chi connectivity index (χ3n) is 6.16. The van der Waals surface area contributed by atoms with Gasteiger partial charge in [-0.1, -0.05) is 91.0 Å². The fourth-order valence-corrected chi connectivity index (χ4v) is 4.23. The standard InChI is InChI=1S/C30H30N2O6/c33-30(32-17-16-31-22-32)38-29-28(36-20-25-14-8-3-9-15-25)27(35-19-24-12-6-2-7-13-24)26(37-29)21-34-18-23-10-4-1-5-11-23/h1-17,22,26-29H,18-21H2/t26-,27-,28-,29+/m1/s1. The molecular formula is C30H30N2O6. The first kappa shape index (κ1) is 25.8. The van der Waals surface area contributed by atoms with Gasteiger partial charge >= 0.3 is 6.09 Å². The number of carbonyl (C=O) groups is 1. The molecule has 0 N–H and O–H groups in total. The van der Waals surface area contributed by atoms with Crippen LogP contribution in [0.15, 0.2) is 110 Å². The Morgan fingerprint density at radius 2 is 1.32 bits per heavy atom. The molecule has 0 saturated carbocycles. The molecule has 0 amide bonds. The van der Waals surface area contributed by atoms with Crippen LogP contribution in [0.1, 0.15) is 16.7 Å². The highest BCUT2D eigenvalue weighted by Crippen LogP contribution is 2.30. The van der Waals surface area contributed by atoms with Crippen LogP contribution in [0, 0.1) is 0 Å². The zero-order valence-electron chi connectivity index (χ0n) is 20.9. The summed E-state index contributed by atoms with van der Waals surface area (Å²) in [5.74, 6) is 0. The Kier molecular flexibility index (Phi) is 8.91. The van der Waals surface area contributed by atoms with E-state index < -0.39 is 30.7 Å². The maximum absolute atomic E-state index is 12.8. The average Bonchev–Trinajstić information content (AvgIpc) is 3.61. The van der Waals surface area contributed by atoms with E-state index >= 15 is 0 Å². The van der Waals surface area contributed by atoms with Gasteiger partial charge in [-0.3, -0.25) is 0 Å². The Morgan fingerprint density at radius 1 is 0.763 bits per heavy atom. The Balaban J connectivity index is 1.33. The highest BCUT2D eigenvalue weighted by atomic mass is 16.7. The first-order chi connectivity index (χ1) is 18.8. The van der Waals surface area contributed by atoms with Crippen molar-refractivity contribution in [2.45, 2.75) is 44.4 Å². The van der Waals surface area contributed by atoms with Gasteiger partial charge in [0.15, 0.2) is 0 Å². The second-order valence-electron chi connectivity index (χ2n) is 8.92. The van der Waals surface area contributed by atoms with Gasteiger partial charge < -0.3 is 23.7 Å². The quantitative estimate of drug-likeness (QED) is 0.279. The van der Waals surface area contributed by atoms with Gasteiger partial charge in [0.05, 0.1) is 26.4 Å². The third-order valence-corrected chi connectivity index (χ3v) is 6.16. The van der Waals surface area contributed by atoms with E-state index in [0.29, 0.717) is 19.8 Å². The number of carbonyl (C=O) groups excluding carboxylic acids is 1. The molecule has 1 aliphatic heterocycles. The molecule has 5 rings (SSSR count). The van der Waals surface area contributed by atoms with Crippen molar-refractivity contribution in [3.63, 3.8) is 0 Å². The van der Waals surface area contributed by atoms with Gasteiger partial charge in [-0.2, -0.15) is 0 Å². The monoisotopic (exact) mass is 514 g/mol. The number of rotatable bonds is 11. The SMILES string of the molecule is O=C(O[C@@H]1O[C@H](COCc2ccccc2)[C@@H](OCc2ccccc2)[C@H]1OCc1ccccc1)n1ccnc1. The summed E-state index contributed by atoms with van der Waals surface area (Å²) in [5.41, 5.74) is 3.04. The van der Waals surface area contributed by atoms with Crippen molar-refractivity contribution in [2.24, 2.45) is 0 Å². The van der Waals surface area contributed by atoms with Crippen LogP contribution in [0.5, 0.6) is 0 Å². The predicted octanol–water partition coefficient (Wildman–Crippen LogP) is 4.98. The minimum Gasteiger partial charge on any atom is -0.416 e. The summed E-state index contributed by atoms with van der Waals surface area (Å²) >= 11 is 0. The van der Waals surface area contributed by atoms with Gasteiger partial charge in [0.25, 0.3) is 0 Å². The zero-order valence-corrected chi connectivity index (χ0v) is 20.9. The van der Waals surface area contributed by atoms with Gasteiger partial charge in [-0.15, -0.1) is 0 Å². The minimum absolute atomic E-state index is 0.235. The normalized spacial score (nSPS) is 20.8. The molecule has 2 heterocycles. The number of hydrogen-bond acceptors (Lipinski definition) is 7. The lowest BCUT2D eigenvalue weighted by molar-refractivity contribution is -0.154. The number of hydrogen-bond donors (Lipinski definition) is 0. The lowest BCUT2D eigenvalue weighted by Gasteiger charge is -2.24. The van der Waals surface area contributed by atoms with Crippen molar-refractivity contribution in [3.8, 4) is 0 Å². The van der Waals surface area contributed by atoms with E-state index in [9.17, 15) is 4.79 Å². The lowest BCUT2D eigenvalue weighted by Crippen LogP contribution is -2.40. The van der Waals surface area contributed by atoms with E-state index in [2.05, 4.69) is 4.98 Å². The van der Waals surface area contributed by atoms with Crippen molar-refractivity contribution < 1.29 is 28.5 Å². The number of ether oxygens (including phenoxy) is 5. The molecule has 38 heavy (non-hydrogen) atoms. The molecule has 1 saturated heterocycles. The van der Waals surface area contributed by atoms with E-state index in [1.54, 1.807) is 0 Å². The summed E-state index contributed by atoms with van der Waals surface area (Å²) in [6, 6.07) is 29.6. The lowest BCUT2D eigenvalue weighted by atomic mass is 10.1. The van der Waals surface area contributed by atoms with Crippen LogP contribution in [0.25, 0.3) is 0 Å². The van der Waals surface area contributed by atoms with E-state index in [4.69, 9.17) is 23.7 Å². The zero-order chi connectivity index (χ0) is 26.0. The summed E-state index contributed by atoms with van der Waals surface area (Å²) in [6.45, 7) is 1.30. The number of nitrogens with zero attached hydrogens (tertiary/aromatic N) is 2. The van der Waals surface area contributed by atoms with Crippen LogP contribution in [0.2, 0.25) is 0 Å². The fraction of sp³-hybridized carbons (Fsp3) is 0.267. The van der Waals surface area contributed by atoms with Crippen molar-refractivity contribution in [1.29, 1.82) is 0 Å². The van der Waals surface area contributed by atoms with Crippen LogP contribution >= 0.6 is 0 Å². The largest absolute Gasteiger partial charge is 0.421 e. The third kappa shape index (κ3) is 6.93. The Morgan fingerprint density at radius 3 is 1.87 bits per heavy atom. The molecule has 196 valence electrons. The highest BCUT2D eigenvalue weighted by Gasteiger charge is 2.49. The van der Waals surface area contributed by atoms with Crippen LogP contribution in [-0.2, 0) is 43.5 Å². The molecule has 1 aliphatic rings. The summed E-state index contributed by atoms with van der Waals surface area (Å²) in [4.78, 5) is 16.7. The molecule has 3 aromatic carbocycles. The molecule has 8 heteroatoms. The molecule has 0 aliphatic carbocycles. The van der Waals surface area contributed by atoms with Crippen LogP contribution in [0.4, 0.5) is 4.79 Å². The summed E-state index contributed by atoms with van der Waals surface area (Å²) in [7, 11) is 0. The molecule has 4 aromatic rings. The van der Waals surface area contributed by atoms with Crippen molar-refractivity contribution in [2.75, 3.05) is 6.61 Å². The maximum atomic E-state index is 12.8. The molecule has 8 nitrogen and oxygen atoms in total. The molecule has 1 fully saturated rings. The Labute approximate surface area is 221 Å². The van der Waals surface area contributed by atoms with Gasteiger partial charge in [0.1, 0.15) is 24.6 Å². The number of aromatic nitrogens is 2. The van der Waals surface area contributed by atoms with Gasteiger partial charge in [-0.05, 0) is 16.7 Å². The summed E-state index contributed by atoms with van der Waals surface area (Å²) < 4.78 is 31.9. The van der Waals surface area contributed by atoms with Crippen molar-refractivity contribution in [1.82, 2.24) is 9.55 Å². The topological polar surface area (TPSA) is 81.0 Å². The van der Waals surface area contributed by atoms with E-state index in [-0.39, 0.29) is 6.61 Å². The smallest absolute Gasteiger partial charge is 0.416 e. The molecule has 0 spiro atoms. The first-order valence-electron chi connectivity index (χ1n) is 12.5. The Bertz CT molecular complexity index is 1240. The average molecular weight is 515 g/mol. The van der Waals surface area contributed by atoms with Gasteiger partial charge in [0, 0.05) is 12.4 Å². The van der Waals surface area contributed by atoms with E-state index in [1.165, 1.54) is 23.3 Å². The maximum Gasteiger partial charge on any atom is 0.421 e. The summed E-state index contributed by atoms with van der Waals surface area (Å²) in [5, 5.41) is 0. The molecule has 0 radical (unpaired) electrons. The number of imidazole rings is 1. The first-order valence-corrected chi connectivity index (χ1v) is 12.5. The second-order valence-corrected chi connectivity index (χ2v) is 8.92. The van der Waals surface area contributed by atoms with E-state index in [1.807, 2.05) is 91.0 Å².